The average Bonchev–Trinajstić information content (AvgIpc) is 2.87. The Morgan fingerprint density at radius 1 is 1.38 bits per heavy atom. The molecule has 0 aliphatic carbocycles. The highest BCUT2D eigenvalue weighted by atomic mass is 16.4. The molecule has 2 rings (SSSR count). The Kier molecular flexibility index (Phi) is 4.15. The van der Waals surface area contributed by atoms with Gasteiger partial charge in [0.25, 0.3) is 11.7 Å². The lowest BCUT2D eigenvalue weighted by atomic mass is 9.96. The van der Waals surface area contributed by atoms with E-state index in [1.165, 1.54) is 17.0 Å². The van der Waals surface area contributed by atoms with Gasteiger partial charge in [0, 0.05) is 12.7 Å². The van der Waals surface area contributed by atoms with Crippen molar-refractivity contribution < 1.29 is 14.7 Å². The first kappa shape index (κ1) is 14.9. The van der Waals surface area contributed by atoms with Crippen molar-refractivity contribution in [2.24, 2.45) is 11.8 Å². The largest absolute Gasteiger partial charge is 0.481 e. The van der Waals surface area contributed by atoms with Gasteiger partial charge < -0.3 is 10.4 Å². The van der Waals surface area contributed by atoms with Crippen LogP contribution in [0.4, 0.5) is 0 Å². The summed E-state index contributed by atoms with van der Waals surface area (Å²) in [6.45, 7) is 5.41. The molecular formula is C13H17N5O3. The van der Waals surface area contributed by atoms with E-state index in [0.717, 1.165) is 0 Å². The second kappa shape index (κ2) is 5.86. The normalized spacial score (nSPS) is 12.6. The number of carbonyl (C=O) groups excluding carboxylic acids is 1. The summed E-state index contributed by atoms with van der Waals surface area (Å²) in [6, 6.07) is 0. The Bertz CT molecular complexity index is 679. The maximum absolute atomic E-state index is 12.2. The van der Waals surface area contributed by atoms with Gasteiger partial charge in [-0.1, -0.05) is 13.8 Å². The maximum atomic E-state index is 12.2. The standard InChI is InChI=1S/C13H17N5O3/c1-7(2)9(12(20)21)4-14-11(19)10-5-15-13-16-6-17-18(13)8(10)3/h5-7,9H,4H2,1-3H3,(H,14,19)(H,20,21). The minimum Gasteiger partial charge on any atom is -0.481 e. The van der Waals surface area contributed by atoms with Crippen LogP contribution in [0.2, 0.25) is 0 Å². The molecule has 0 aliphatic rings. The van der Waals surface area contributed by atoms with Crippen LogP contribution in [0, 0.1) is 18.8 Å². The van der Waals surface area contributed by atoms with Gasteiger partial charge in [0.2, 0.25) is 0 Å². The zero-order chi connectivity index (χ0) is 15.6. The molecule has 1 unspecified atom stereocenters. The zero-order valence-electron chi connectivity index (χ0n) is 12.1. The molecule has 1 atom stereocenters. The minimum absolute atomic E-state index is 0.0696. The fraction of sp³-hybridized carbons (Fsp3) is 0.462. The molecule has 0 saturated carbocycles. The van der Waals surface area contributed by atoms with Gasteiger partial charge in [0.05, 0.1) is 17.2 Å². The molecule has 1 amide bonds. The molecule has 2 aromatic rings. The minimum atomic E-state index is -0.924. The molecule has 0 aromatic carbocycles. The van der Waals surface area contributed by atoms with Gasteiger partial charge in [-0.15, -0.1) is 0 Å². The smallest absolute Gasteiger partial charge is 0.308 e. The van der Waals surface area contributed by atoms with Crippen LogP contribution in [0.15, 0.2) is 12.5 Å². The molecule has 0 bridgehead atoms. The first-order chi connectivity index (χ1) is 9.91. The van der Waals surface area contributed by atoms with E-state index in [0.29, 0.717) is 17.0 Å². The predicted molar refractivity (Wildman–Crippen MR) is 73.8 cm³/mol. The van der Waals surface area contributed by atoms with E-state index >= 15 is 0 Å². The zero-order valence-corrected chi connectivity index (χ0v) is 12.1. The second-order valence-corrected chi connectivity index (χ2v) is 5.13. The van der Waals surface area contributed by atoms with Gasteiger partial charge in [-0.2, -0.15) is 10.1 Å². The lowest BCUT2D eigenvalue weighted by Gasteiger charge is -2.17. The summed E-state index contributed by atoms with van der Waals surface area (Å²) < 4.78 is 1.46. The van der Waals surface area contributed by atoms with Gasteiger partial charge in [-0.25, -0.2) is 9.50 Å². The monoisotopic (exact) mass is 291 g/mol. The summed E-state index contributed by atoms with van der Waals surface area (Å²) in [6.07, 6.45) is 2.77. The van der Waals surface area contributed by atoms with Crippen molar-refractivity contribution in [1.82, 2.24) is 24.9 Å². The summed E-state index contributed by atoms with van der Waals surface area (Å²) in [7, 11) is 0. The van der Waals surface area contributed by atoms with E-state index in [1.54, 1.807) is 20.8 Å². The van der Waals surface area contributed by atoms with E-state index in [1.807, 2.05) is 0 Å². The number of carboxylic acids is 1. The number of carboxylic acid groups (broad SMARTS) is 1. The van der Waals surface area contributed by atoms with Crippen LogP contribution >= 0.6 is 0 Å². The van der Waals surface area contributed by atoms with E-state index in [-0.39, 0.29) is 18.4 Å². The Hall–Kier alpha value is -2.51. The second-order valence-electron chi connectivity index (χ2n) is 5.13. The number of hydrogen-bond acceptors (Lipinski definition) is 5. The molecule has 2 aromatic heterocycles. The van der Waals surface area contributed by atoms with E-state index in [4.69, 9.17) is 5.11 Å². The van der Waals surface area contributed by atoms with Crippen molar-refractivity contribution in [3.05, 3.63) is 23.8 Å². The first-order valence-electron chi connectivity index (χ1n) is 6.58. The van der Waals surface area contributed by atoms with Crippen LogP contribution in [0.5, 0.6) is 0 Å². The summed E-state index contributed by atoms with van der Waals surface area (Å²) in [4.78, 5) is 31.3. The van der Waals surface area contributed by atoms with Gasteiger partial charge in [-0.05, 0) is 12.8 Å². The number of amides is 1. The number of aliphatic carboxylic acids is 1. The fourth-order valence-corrected chi connectivity index (χ4v) is 2.02. The number of aromatic nitrogens is 4. The first-order valence-corrected chi connectivity index (χ1v) is 6.58. The van der Waals surface area contributed by atoms with Gasteiger partial charge >= 0.3 is 5.97 Å². The van der Waals surface area contributed by atoms with Crippen molar-refractivity contribution in [3.63, 3.8) is 0 Å². The highest BCUT2D eigenvalue weighted by molar-refractivity contribution is 5.95. The topological polar surface area (TPSA) is 109 Å². The third kappa shape index (κ3) is 2.99. The molecule has 0 saturated heterocycles. The number of nitrogens with zero attached hydrogens (tertiary/aromatic N) is 4. The van der Waals surface area contributed by atoms with E-state index in [2.05, 4.69) is 20.4 Å². The van der Waals surface area contributed by atoms with Crippen molar-refractivity contribution in [1.29, 1.82) is 0 Å². The van der Waals surface area contributed by atoms with Crippen LogP contribution < -0.4 is 5.32 Å². The van der Waals surface area contributed by atoms with Gasteiger partial charge in [0.1, 0.15) is 6.33 Å². The molecule has 0 aliphatic heterocycles. The van der Waals surface area contributed by atoms with Crippen molar-refractivity contribution in [2.45, 2.75) is 20.8 Å². The molecular weight excluding hydrogens is 274 g/mol. The van der Waals surface area contributed by atoms with Crippen molar-refractivity contribution in [3.8, 4) is 0 Å². The summed E-state index contributed by atoms with van der Waals surface area (Å²) in [5, 5.41) is 15.7. The Labute approximate surface area is 121 Å². The van der Waals surface area contributed by atoms with Crippen molar-refractivity contribution >= 4 is 17.7 Å². The SMILES string of the molecule is Cc1c(C(=O)NCC(C(=O)O)C(C)C)cnc2ncnn12. The Morgan fingerprint density at radius 2 is 2.10 bits per heavy atom. The van der Waals surface area contributed by atoms with Gasteiger partial charge in [-0.3, -0.25) is 9.59 Å². The fourth-order valence-electron chi connectivity index (χ4n) is 2.02. The maximum Gasteiger partial charge on any atom is 0.308 e. The van der Waals surface area contributed by atoms with Crippen LogP contribution in [0.1, 0.15) is 29.9 Å². The molecule has 0 fully saturated rings. The number of hydrogen-bond donors (Lipinski definition) is 2. The third-order valence-corrected chi connectivity index (χ3v) is 3.40. The van der Waals surface area contributed by atoms with Crippen LogP contribution in [-0.2, 0) is 4.79 Å². The Morgan fingerprint density at radius 3 is 2.71 bits per heavy atom. The third-order valence-electron chi connectivity index (χ3n) is 3.40. The molecule has 21 heavy (non-hydrogen) atoms. The number of aryl methyl sites for hydroxylation is 1. The Balaban J connectivity index is 2.15. The number of nitrogens with one attached hydrogen (secondary N) is 1. The summed E-state index contributed by atoms with van der Waals surface area (Å²) in [5.74, 6) is -1.58. The summed E-state index contributed by atoms with van der Waals surface area (Å²) >= 11 is 0. The lowest BCUT2D eigenvalue weighted by Crippen LogP contribution is -2.36. The van der Waals surface area contributed by atoms with E-state index < -0.39 is 11.9 Å². The van der Waals surface area contributed by atoms with Crippen LogP contribution in [0.3, 0.4) is 0 Å². The lowest BCUT2D eigenvalue weighted by molar-refractivity contribution is -0.142. The van der Waals surface area contributed by atoms with Crippen LogP contribution in [-0.4, -0.2) is 43.1 Å². The summed E-state index contributed by atoms with van der Waals surface area (Å²) in [5.41, 5.74) is 0.951. The number of carbonyl (C=O) groups is 2. The molecule has 112 valence electrons. The molecule has 2 heterocycles. The van der Waals surface area contributed by atoms with Crippen LogP contribution in [0.25, 0.3) is 5.78 Å². The highest BCUT2D eigenvalue weighted by Gasteiger charge is 2.23. The quantitative estimate of drug-likeness (QED) is 0.831. The number of fused-ring (bicyclic) bond motifs is 1. The number of rotatable bonds is 5. The molecule has 2 N–H and O–H groups in total. The highest BCUT2D eigenvalue weighted by Crippen LogP contribution is 2.11. The molecule has 8 nitrogen and oxygen atoms in total. The van der Waals surface area contributed by atoms with Gasteiger partial charge in [0.15, 0.2) is 0 Å². The van der Waals surface area contributed by atoms with Crippen molar-refractivity contribution in [2.75, 3.05) is 6.54 Å². The molecule has 0 spiro atoms. The average molecular weight is 291 g/mol. The van der Waals surface area contributed by atoms with E-state index in [9.17, 15) is 9.59 Å². The molecule has 8 heteroatoms. The predicted octanol–water partition coefficient (Wildman–Crippen LogP) is 0.519. The molecule has 0 radical (unpaired) electrons.